The summed E-state index contributed by atoms with van der Waals surface area (Å²) >= 11 is 0. The van der Waals surface area contributed by atoms with Crippen molar-refractivity contribution >= 4 is 11.8 Å². The number of aryl methyl sites for hydroxylation is 1. The molecular formula is C26H34N4O3. The van der Waals surface area contributed by atoms with E-state index in [0.717, 1.165) is 50.5 Å². The number of aromatic nitrogens is 1. The lowest BCUT2D eigenvalue weighted by Crippen LogP contribution is -2.51. The number of likely N-dealkylation sites (tertiary alicyclic amines) is 1. The van der Waals surface area contributed by atoms with Crippen molar-refractivity contribution < 1.29 is 14.3 Å². The second kappa shape index (κ2) is 10.3. The van der Waals surface area contributed by atoms with Crippen LogP contribution in [-0.2, 0) is 4.79 Å². The molecule has 0 saturated carbocycles. The van der Waals surface area contributed by atoms with Gasteiger partial charge in [0.05, 0.1) is 12.2 Å². The molecule has 2 fully saturated rings. The number of pyridine rings is 1. The lowest BCUT2D eigenvalue weighted by atomic mass is 9.75. The molecule has 1 aromatic carbocycles. The number of hydrogen-bond acceptors (Lipinski definition) is 5. The number of ether oxygens (including phenoxy) is 1. The molecule has 0 unspecified atom stereocenters. The van der Waals surface area contributed by atoms with Gasteiger partial charge in [0.25, 0.3) is 5.91 Å². The van der Waals surface area contributed by atoms with Gasteiger partial charge >= 0.3 is 0 Å². The van der Waals surface area contributed by atoms with E-state index in [1.807, 2.05) is 59.2 Å². The Balaban J connectivity index is 1.43. The van der Waals surface area contributed by atoms with Crippen molar-refractivity contribution in [3.8, 4) is 5.75 Å². The van der Waals surface area contributed by atoms with Crippen LogP contribution in [-0.4, -0.2) is 84.4 Å². The minimum absolute atomic E-state index is 0.00507. The Morgan fingerprint density at radius 3 is 2.27 bits per heavy atom. The fourth-order valence-corrected chi connectivity index (χ4v) is 4.57. The number of likely N-dealkylation sites (N-methyl/N-ethyl adjacent to an activating group) is 1. The minimum Gasteiger partial charge on any atom is -0.493 e. The summed E-state index contributed by atoms with van der Waals surface area (Å²) in [5.74, 6) is 1.01. The van der Waals surface area contributed by atoms with E-state index in [9.17, 15) is 9.59 Å². The van der Waals surface area contributed by atoms with Crippen LogP contribution in [0.4, 0.5) is 0 Å². The number of hydrogen-bond donors (Lipinski definition) is 0. The van der Waals surface area contributed by atoms with E-state index >= 15 is 0 Å². The summed E-state index contributed by atoms with van der Waals surface area (Å²) in [4.78, 5) is 36.6. The predicted molar refractivity (Wildman–Crippen MR) is 127 cm³/mol. The van der Waals surface area contributed by atoms with Crippen molar-refractivity contribution in [3.05, 3.63) is 59.9 Å². The Bertz CT molecular complexity index is 932. The number of amides is 2. The summed E-state index contributed by atoms with van der Waals surface area (Å²) < 4.78 is 6.16. The SMILES string of the molecule is Cc1ccc(C(=O)N2CCC(COc3ccccc3)(CC(=O)N3CCN(C)CC3)CC2)cn1. The summed E-state index contributed by atoms with van der Waals surface area (Å²) in [6, 6.07) is 13.5. The molecule has 2 aromatic rings. The van der Waals surface area contributed by atoms with E-state index < -0.39 is 0 Å². The first-order valence-electron chi connectivity index (χ1n) is 11.8. The Labute approximate surface area is 196 Å². The molecule has 0 atom stereocenters. The number of nitrogens with zero attached hydrogens (tertiary/aromatic N) is 4. The molecular weight excluding hydrogens is 416 g/mol. The molecule has 0 bridgehead atoms. The predicted octanol–water partition coefficient (Wildman–Crippen LogP) is 2.86. The molecule has 2 aliphatic heterocycles. The molecule has 2 aliphatic rings. The summed E-state index contributed by atoms with van der Waals surface area (Å²) in [5, 5.41) is 0. The Morgan fingerprint density at radius 2 is 1.64 bits per heavy atom. The van der Waals surface area contributed by atoms with E-state index in [4.69, 9.17) is 4.74 Å². The van der Waals surface area contributed by atoms with Crippen LogP contribution in [0, 0.1) is 12.3 Å². The number of rotatable bonds is 6. The van der Waals surface area contributed by atoms with E-state index in [2.05, 4.69) is 16.9 Å². The molecule has 2 saturated heterocycles. The highest BCUT2D eigenvalue weighted by Gasteiger charge is 2.40. The van der Waals surface area contributed by atoms with Crippen LogP contribution in [0.15, 0.2) is 48.7 Å². The van der Waals surface area contributed by atoms with E-state index in [0.29, 0.717) is 31.7 Å². The zero-order valence-electron chi connectivity index (χ0n) is 19.7. The quantitative estimate of drug-likeness (QED) is 0.677. The van der Waals surface area contributed by atoms with Gasteiger partial charge in [-0.3, -0.25) is 14.6 Å². The Hall–Kier alpha value is -2.93. The highest BCUT2D eigenvalue weighted by Crippen LogP contribution is 2.37. The highest BCUT2D eigenvalue weighted by atomic mass is 16.5. The first kappa shape index (κ1) is 23.2. The zero-order valence-corrected chi connectivity index (χ0v) is 19.7. The van der Waals surface area contributed by atoms with Crippen LogP contribution < -0.4 is 4.74 Å². The molecule has 4 rings (SSSR count). The molecule has 33 heavy (non-hydrogen) atoms. The molecule has 2 amide bonds. The lowest BCUT2D eigenvalue weighted by molar-refractivity contribution is -0.136. The summed E-state index contributed by atoms with van der Waals surface area (Å²) in [6.07, 6.45) is 3.58. The highest BCUT2D eigenvalue weighted by molar-refractivity contribution is 5.94. The van der Waals surface area contributed by atoms with Gasteiger partial charge in [-0.2, -0.15) is 0 Å². The van der Waals surface area contributed by atoms with Crippen molar-refractivity contribution in [2.75, 3.05) is 52.9 Å². The molecule has 0 aliphatic carbocycles. The number of piperidine rings is 1. The standard InChI is InChI=1S/C26H34N4O3/c1-21-8-9-22(19-27-21)25(32)30-12-10-26(11-13-30,20-33-23-6-4-3-5-7-23)18-24(31)29-16-14-28(2)15-17-29/h3-9,19H,10-18,20H2,1-2H3. The molecule has 0 spiro atoms. The van der Waals surface area contributed by atoms with Gasteiger partial charge in [0.1, 0.15) is 5.75 Å². The zero-order chi connectivity index (χ0) is 23.3. The second-order valence-corrected chi connectivity index (χ2v) is 9.44. The summed E-state index contributed by atoms with van der Waals surface area (Å²) in [5.41, 5.74) is 1.23. The summed E-state index contributed by atoms with van der Waals surface area (Å²) in [7, 11) is 2.09. The van der Waals surface area contributed by atoms with Gasteiger partial charge in [0.2, 0.25) is 5.91 Å². The average molecular weight is 451 g/mol. The van der Waals surface area contributed by atoms with Crippen LogP contribution in [0.3, 0.4) is 0 Å². The molecule has 7 nitrogen and oxygen atoms in total. The van der Waals surface area contributed by atoms with Crippen molar-refractivity contribution in [1.82, 2.24) is 19.7 Å². The van der Waals surface area contributed by atoms with Gasteiger partial charge in [0.15, 0.2) is 0 Å². The van der Waals surface area contributed by atoms with Crippen LogP contribution >= 0.6 is 0 Å². The maximum Gasteiger partial charge on any atom is 0.255 e. The Morgan fingerprint density at radius 1 is 0.939 bits per heavy atom. The first-order chi connectivity index (χ1) is 15.9. The van der Waals surface area contributed by atoms with Crippen LogP contribution in [0.5, 0.6) is 5.75 Å². The van der Waals surface area contributed by atoms with Crippen LogP contribution in [0.2, 0.25) is 0 Å². The van der Waals surface area contributed by atoms with Gasteiger partial charge in [-0.15, -0.1) is 0 Å². The van der Waals surface area contributed by atoms with Gasteiger partial charge < -0.3 is 19.4 Å². The van der Waals surface area contributed by atoms with Crippen molar-refractivity contribution in [3.63, 3.8) is 0 Å². The van der Waals surface area contributed by atoms with E-state index in [1.54, 1.807) is 6.20 Å². The Kier molecular flexibility index (Phi) is 7.28. The molecule has 176 valence electrons. The van der Waals surface area contributed by atoms with Crippen LogP contribution in [0.25, 0.3) is 0 Å². The third kappa shape index (κ3) is 5.90. The normalized spacial score (nSPS) is 18.7. The van der Waals surface area contributed by atoms with Gasteiger partial charge in [-0.25, -0.2) is 0 Å². The molecule has 0 radical (unpaired) electrons. The topological polar surface area (TPSA) is 66.0 Å². The fraction of sp³-hybridized carbons (Fsp3) is 0.500. The average Bonchev–Trinajstić information content (AvgIpc) is 2.84. The maximum atomic E-state index is 13.2. The number of carbonyl (C=O) groups is 2. The van der Waals surface area contributed by atoms with Crippen LogP contribution in [0.1, 0.15) is 35.3 Å². The maximum absolute atomic E-state index is 13.2. The number of benzene rings is 1. The molecule has 7 heteroatoms. The van der Waals surface area contributed by atoms with E-state index in [-0.39, 0.29) is 17.2 Å². The summed E-state index contributed by atoms with van der Waals surface area (Å²) in [6.45, 7) is 6.98. The first-order valence-corrected chi connectivity index (χ1v) is 11.8. The van der Waals surface area contributed by atoms with Crippen molar-refractivity contribution in [2.45, 2.75) is 26.2 Å². The fourth-order valence-electron chi connectivity index (χ4n) is 4.57. The number of piperazine rings is 1. The van der Waals surface area contributed by atoms with Crippen molar-refractivity contribution in [1.29, 1.82) is 0 Å². The number of carbonyl (C=O) groups excluding carboxylic acids is 2. The van der Waals surface area contributed by atoms with E-state index in [1.165, 1.54) is 0 Å². The molecule has 3 heterocycles. The van der Waals surface area contributed by atoms with Gasteiger partial charge in [0, 0.05) is 63.0 Å². The monoisotopic (exact) mass is 450 g/mol. The van der Waals surface area contributed by atoms with Gasteiger partial charge in [-0.05, 0) is 51.1 Å². The molecule has 1 aromatic heterocycles. The second-order valence-electron chi connectivity index (χ2n) is 9.44. The largest absolute Gasteiger partial charge is 0.493 e. The smallest absolute Gasteiger partial charge is 0.255 e. The van der Waals surface area contributed by atoms with Gasteiger partial charge in [-0.1, -0.05) is 18.2 Å². The third-order valence-electron chi connectivity index (χ3n) is 6.94. The number of para-hydroxylation sites is 1. The minimum atomic E-state index is -0.279. The third-order valence-corrected chi connectivity index (χ3v) is 6.94. The molecule has 0 N–H and O–H groups in total. The lowest BCUT2D eigenvalue weighted by Gasteiger charge is -2.42. The van der Waals surface area contributed by atoms with Crippen molar-refractivity contribution in [2.24, 2.45) is 5.41 Å².